The average Bonchev–Trinajstić information content (AvgIpc) is 1.75. The minimum Gasteiger partial charge on any atom is -0.383 e. The number of carbonyl (C=O) groups excluding carboxylic acids is 3. The van der Waals surface area contributed by atoms with E-state index in [2.05, 4.69) is 103 Å². The average molecular weight is 1510 g/mol. The third-order valence-electron chi connectivity index (χ3n) is 22.8. The molecule has 3 aliphatic carbocycles. The van der Waals surface area contributed by atoms with Gasteiger partial charge >= 0.3 is 0 Å². The molecule has 3 saturated carbocycles. The molecule has 0 radical (unpaired) electrons. The summed E-state index contributed by atoms with van der Waals surface area (Å²) in [6, 6.07) is 23.2. The zero-order valence-corrected chi connectivity index (χ0v) is 64.6. The van der Waals surface area contributed by atoms with Crippen LogP contribution in [-0.2, 0) is 14.2 Å². The molecule has 1 unspecified atom stereocenters. The third-order valence-corrected chi connectivity index (χ3v) is 22.8. The molecule has 1 atom stereocenters. The second-order valence-electron chi connectivity index (χ2n) is 31.7. The highest BCUT2D eigenvalue weighted by Crippen LogP contribution is 2.33. The Hall–Kier alpha value is -9.76. The standard InChI is InChI=1S/C30H38N6O2.C29H36N6O2.C27H33FN6O2/c1-21-2-3-23(30(37)34-25-4-5-25)14-29(21)24-16-32-36(20-24)28-15-27(17-31-18-28)33-26-6-10-35(11-7-26)19-22-8-12-38-13-9-22;1-20-2-3-22(29(36)33-24-4-5-24)12-28(20)23-14-31-35(18-23)27-13-26(15-30-16-27)32-25-6-9-34(10-7-25)17-21-8-11-37-19-21;1-18-11-26(28)25(27(35)32-20-3-4-20)13-24(18)19-14-30-34(17-19)23-12-22(15-29-16-23)31-21-5-7-33(8-6-21)9-10-36-2/h2-3,14-18,20,22,25-26,33H,4-13,19H2,1H3,(H,34,37);2-3,12-16,18,21,24-25,32H,4-11,17,19H2,1H3,(H,33,36);11-17,20-21,31H,3-10H2,1-2H3,(H,32,35). The number of nitrogens with one attached hydrogen (secondary N) is 6. The number of anilines is 3. The Morgan fingerprint density at radius 1 is 0.432 bits per heavy atom. The number of pyridine rings is 3. The van der Waals surface area contributed by atoms with Gasteiger partial charge in [-0.1, -0.05) is 12.1 Å². The van der Waals surface area contributed by atoms with Gasteiger partial charge in [0.25, 0.3) is 17.7 Å². The summed E-state index contributed by atoms with van der Waals surface area (Å²) < 4.78 is 36.3. The molecule has 111 heavy (non-hydrogen) atoms. The van der Waals surface area contributed by atoms with Gasteiger partial charge in [0.2, 0.25) is 0 Å². The van der Waals surface area contributed by atoms with Crippen LogP contribution in [0, 0.1) is 38.4 Å². The lowest BCUT2D eigenvalue weighted by Gasteiger charge is -2.35. The first-order chi connectivity index (χ1) is 54.2. The topological polar surface area (TPSA) is 253 Å². The number of halogens is 1. The van der Waals surface area contributed by atoms with E-state index in [0.717, 1.165) is 246 Å². The van der Waals surface area contributed by atoms with Gasteiger partial charge in [-0.25, -0.2) is 18.4 Å². The van der Waals surface area contributed by atoms with Gasteiger partial charge in [-0.15, -0.1) is 0 Å². The van der Waals surface area contributed by atoms with Crippen LogP contribution in [0.4, 0.5) is 21.5 Å². The smallest absolute Gasteiger partial charge is 0.254 e. The number of piperidine rings is 3. The van der Waals surface area contributed by atoms with E-state index in [-0.39, 0.29) is 29.3 Å². The minimum atomic E-state index is -0.505. The zero-order valence-electron chi connectivity index (χ0n) is 64.6. The minimum absolute atomic E-state index is 0.00135. The quantitative estimate of drug-likeness (QED) is 0.0311. The second kappa shape index (κ2) is 36.2. The maximum absolute atomic E-state index is 14.5. The number of likely N-dealkylation sites (tertiary alicyclic amines) is 3. The van der Waals surface area contributed by atoms with Crippen molar-refractivity contribution in [1.82, 2.24) is 74.9 Å². The Labute approximate surface area is 650 Å². The predicted molar refractivity (Wildman–Crippen MR) is 430 cm³/mol. The fraction of sp³-hybridized carbons (Fsp3) is 0.477. The summed E-state index contributed by atoms with van der Waals surface area (Å²) in [7, 11) is 1.74. The molecule has 24 nitrogen and oxygen atoms in total. The lowest BCUT2D eigenvalue weighted by atomic mass is 9.97. The van der Waals surface area contributed by atoms with Crippen molar-refractivity contribution in [1.29, 1.82) is 0 Å². The van der Waals surface area contributed by atoms with E-state index in [1.807, 2.05) is 121 Å². The van der Waals surface area contributed by atoms with Crippen molar-refractivity contribution in [3.63, 3.8) is 0 Å². The van der Waals surface area contributed by atoms with Crippen LogP contribution in [0.5, 0.6) is 0 Å². The van der Waals surface area contributed by atoms with Crippen LogP contribution in [0.3, 0.4) is 0 Å². The number of hydrogen-bond donors (Lipinski definition) is 6. The molecular weight excluding hydrogens is 1400 g/mol. The van der Waals surface area contributed by atoms with Gasteiger partial charge < -0.3 is 60.8 Å². The zero-order chi connectivity index (χ0) is 76.2. The Kier molecular flexibility index (Phi) is 25.0. The van der Waals surface area contributed by atoms with E-state index >= 15 is 0 Å². The van der Waals surface area contributed by atoms with Crippen molar-refractivity contribution in [2.45, 2.75) is 153 Å². The molecule has 5 saturated heterocycles. The maximum atomic E-state index is 14.5. The van der Waals surface area contributed by atoms with Crippen molar-refractivity contribution in [2.75, 3.05) is 115 Å². The van der Waals surface area contributed by atoms with Crippen LogP contribution in [0.1, 0.15) is 144 Å². The number of rotatable bonds is 25. The van der Waals surface area contributed by atoms with Crippen molar-refractivity contribution in [2.24, 2.45) is 11.8 Å². The lowest BCUT2D eigenvalue weighted by molar-refractivity contribution is 0.0492. The molecule has 11 heterocycles. The van der Waals surface area contributed by atoms with E-state index in [0.29, 0.717) is 47.3 Å². The van der Waals surface area contributed by atoms with Gasteiger partial charge in [-0.2, -0.15) is 15.3 Å². The maximum Gasteiger partial charge on any atom is 0.254 e. The van der Waals surface area contributed by atoms with E-state index in [4.69, 9.17) is 14.2 Å². The highest BCUT2D eigenvalue weighted by molar-refractivity contribution is 5.98. The van der Waals surface area contributed by atoms with Crippen molar-refractivity contribution < 1.29 is 33.0 Å². The molecule has 6 N–H and O–H groups in total. The molecule has 3 aromatic carbocycles. The predicted octanol–water partition coefficient (Wildman–Crippen LogP) is 12.3. The molecule has 584 valence electrons. The molecule has 8 fully saturated rings. The third kappa shape index (κ3) is 20.9. The summed E-state index contributed by atoms with van der Waals surface area (Å²) in [5, 5.41) is 33.8. The molecule has 3 amide bonds. The summed E-state index contributed by atoms with van der Waals surface area (Å²) in [5.74, 6) is 0.622. The summed E-state index contributed by atoms with van der Waals surface area (Å²) in [6.45, 7) is 20.4. The highest BCUT2D eigenvalue weighted by Gasteiger charge is 2.30. The first kappa shape index (κ1) is 76.6. The van der Waals surface area contributed by atoms with E-state index in [1.165, 1.54) is 38.4 Å². The Bertz CT molecular complexity index is 4630. The molecule has 8 aliphatic rings. The van der Waals surface area contributed by atoms with Gasteiger partial charge in [0.05, 0.1) is 109 Å². The lowest BCUT2D eigenvalue weighted by Crippen LogP contribution is -2.42. The number of carbonyl (C=O) groups is 3. The van der Waals surface area contributed by atoms with E-state index in [1.54, 1.807) is 30.3 Å². The van der Waals surface area contributed by atoms with Crippen LogP contribution in [0.2, 0.25) is 0 Å². The number of methoxy groups -OCH3 is 1. The van der Waals surface area contributed by atoms with Crippen LogP contribution >= 0.6 is 0 Å². The Morgan fingerprint density at radius 2 is 0.829 bits per heavy atom. The number of aromatic nitrogens is 9. The number of amides is 3. The number of hydrogen-bond acceptors (Lipinski definition) is 18. The number of aryl methyl sites for hydroxylation is 3. The van der Waals surface area contributed by atoms with E-state index in [9.17, 15) is 18.8 Å². The monoisotopic (exact) mass is 1510 g/mol. The molecular formula is C86H107FN18O6. The largest absolute Gasteiger partial charge is 0.383 e. The molecule has 5 aliphatic heterocycles. The van der Waals surface area contributed by atoms with Gasteiger partial charge in [0.1, 0.15) is 5.82 Å². The first-order valence-corrected chi connectivity index (χ1v) is 40.3. The summed E-state index contributed by atoms with van der Waals surface area (Å²) in [6.07, 6.45) is 38.9. The highest BCUT2D eigenvalue weighted by atomic mass is 19.1. The fourth-order valence-corrected chi connectivity index (χ4v) is 15.6. The normalized spacial score (nSPS) is 19.0. The molecule has 9 aromatic rings. The van der Waals surface area contributed by atoms with Gasteiger partial charge in [0, 0.05) is 168 Å². The van der Waals surface area contributed by atoms with Crippen molar-refractivity contribution in [3.05, 3.63) is 180 Å². The fourth-order valence-electron chi connectivity index (χ4n) is 15.6. The molecule has 0 spiro atoms. The Morgan fingerprint density at radius 3 is 1.24 bits per heavy atom. The summed E-state index contributed by atoms with van der Waals surface area (Å²) in [5.41, 5.74) is 15.7. The summed E-state index contributed by atoms with van der Waals surface area (Å²) in [4.78, 5) is 58.7. The van der Waals surface area contributed by atoms with Crippen LogP contribution in [-0.4, -0.2) is 212 Å². The SMILES string of the molecule is COCCN1CCC(Nc2cncc(-n3cc(-c4cc(C(=O)NC5CC5)c(F)cc4C)cn3)c2)CC1.Cc1ccc(C(=O)NC2CC2)cc1-c1cnn(-c2cncc(NC3CCN(CC4CCOC4)CC3)c2)c1.Cc1ccc(C(=O)NC2CC2)cc1-c1cnn(-c2cncc(NC3CCN(CC4CCOCC4)CC3)c2)c1. The molecule has 25 heteroatoms. The number of ether oxygens (including phenoxy) is 3. The van der Waals surface area contributed by atoms with Crippen molar-refractivity contribution >= 4 is 34.8 Å². The van der Waals surface area contributed by atoms with Gasteiger partial charge in [-0.3, -0.25) is 29.3 Å². The van der Waals surface area contributed by atoms with Gasteiger partial charge in [0.15, 0.2) is 0 Å². The summed E-state index contributed by atoms with van der Waals surface area (Å²) >= 11 is 0. The number of benzene rings is 3. The Balaban J connectivity index is 0.000000132. The number of nitrogens with zero attached hydrogens (tertiary/aromatic N) is 12. The molecule has 17 rings (SSSR count). The molecule has 6 aromatic heterocycles. The van der Waals surface area contributed by atoms with Crippen LogP contribution in [0.25, 0.3) is 50.4 Å². The van der Waals surface area contributed by atoms with Crippen LogP contribution in [0.15, 0.2) is 141 Å². The van der Waals surface area contributed by atoms with E-state index < -0.39 is 5.82 Å². The van der Waals surface area contributed by atoms with Crippen molar-refractivity contribution in [3.8, 4) is 50.4 Å². The van der Waals surface area contributed by atoms with Crippen LogP contribution < -0.4 is 31.9 Å². The molecule has 0 bridgehead atoms. The van der Waals surface area contributed by atoms with Gasteiger partial charge in [-0.05, 0) is 217 Å². The second-order valence-corrected chi connectivity index (χ2v) is 31.7. The first-order valence-electron chi connectivity index (χ1n) is 40.3.